The second-order valence-electron chi connectivity index (χ2n) is 4.91. The number of hydrogen-bond donors (Lipinski definition) is 1. The van der Waals surface area contributed by atoms with E-state index in [1.54, 1.807) is 18.2 Å². The van der Waals surface area contributed by atoms with Gasteiger partial charge in [-0.25, -0.2) is 8.42 Å². The summed E-state index contributed by atoms with van der Waals surface area (Å²) in [6.07, 6.45) is 0.269. The van der Waals surface area contributed by atoms with Crippen molar-refractivity contribution in [3.63, 3.8) is 0 Å². The molecule has 1 aromatic rings. The van der Waals surface area contributed by atoms with Gasteiger partial charge in [-0.1, -0.05) is 11.6 Å². The summed E-state index contributed by atoms with van der Waals surface area (Å²) < 4.78 is 28.0. The molecule has 1 saturated heterocycles. The maximum atomic E-state index is 11.4. The maximum Gasteiger partial charge on any atom is 0.150 e. The SMILES string of the molecule is COc1ccc(Cl)cc1C(O)CC1CCS(=O)(=O)C1. The van der Waals surface area contributed by atoms with Gasteiger partial charge in [-0.3, -0.25) is 0 Å². The first-order chi connectivity index (χ1) is 8.91. The minimum atomic E-state index is -2.92. The molecule has 1 aliphatic rings. The Labute approximate surface area is 118 Å². The highest BCUT2D eigenvalue weighted by molar-refractivity contribution is 7.91. The number of methoxy groups -OCH3 is 1. The highest BCUT2D eigenvalue weighted by Crippen LogP contribution is 2.34. The van der Waals surface area contributed by atoms with Crippen molar-refractivity contribution >= 4 is 21.4 Å². The van der Waals surface area contributed by atoms with E-state index in [1.165, 1.54) is 7.11 Å². The number of halogens is 1. The fourth-order valence-electron chi connectivity index (χ4n) is 2.47. The Bertz CT molecular complexity index is 556. The van der Waals surface area contributed by atoms with E-state index < -0.39 is 15.9 Å². The van der Waals surface area contributed by atoms with E-state index >= 15 is 0 Å². The third-order valence-corrected chi connectivity index (χ3v) is 5.51. The number of rotatable bonds is 4. The Morgan fingerprint density at radius 3 is 2.84 bits per heavy atom. The smallest absolute Gasteiger partial charge is 0.150 e. The number of aliphatic hydroxyl groups excluding tert-OH is 1. The Balaban J connectivity index is 2.12. The van der Waals surface area contributed by atoms with E-state index in [0.29, 0.717) is 29.2 Å². The maximum absolute atomic E-state index is 11.4. The predicted molar refractivity (Wildman–Crippen MR) is 74.3 cm³/mol. The summed E-state index contributed by atoms with van der Waals surface area (Å²) in [6.45, 7) is 0. The normalized spacial score (nSPS) is 23.2. The van der Waals surface area contributed by atoms with Crippen molar-refractivity contribution in [2.75, 3.05) is 18.6 Å². The lowest BCUT2D eigenvalue weighted by Gasteiger charge is -2.17. The molecule has 1 heterocycles. The Morgan fingerprint density at radius 2 is 2.26 bits per heavy atom. The van der Waals surface area contributed by atoms with Crippen LogP contribution in [0.4, 0.5) is 0 Å². The van der Waals surface area contributed by atoms with Crippen LogP contribution in [0.25, 0.3) is 0 Å². The van der Waals surface area contributed by atoms with Crippen LogP contribution in [0.1, 0.15) is 24.5 Å². The predicted octanol–water partition coefficient (Wildman–Crippen LogP) is 2.21. The van der Waals surface area contributed by atoms with Gasteiger partial charge in [0.25, 0.3) is 0 Å². The van der Waals surface area contributed by atoms with Crippen LogP contribution >= 0.6 is 11.6 Å². The Morgan fingerprint density at radius 1 is 1.53 bits per heavy atom. The third kappa shape index (κ3) is 3.61. The number of sulfone groups is 1. The summed E-state index contributed by atoms with van der Waals surface area (Å²) in [6, 6.07) is 5.05. The molecular weight excluding hydrogens is 288 g/mol. The van der Waals surface area contributed by atoms with Gasteiger partial charge in [-0.05, 0) is 37.0 Å². The van der Waals surface area contributed by atoms with E-state index in [9.17, 15) is 13.5 Å². The Kier molecular flexibility index (Phi) is 4.38. The van der Waals surface area contributed by atoms with Crippen LogP contribution in [0, 0.1) is 5.92 Å². The highest BCUT2D eigenvalue weighted by Gasteiger charge is 2.30. The van der Waals surface area contributed by atoms with E-state index in [-0.39, 0.29) is 17.4 Å². The third-order valence-electron chi connectivity index (χ3n) is 3.43. The van der Waals surface area contributed by atoms with Gasteiger partial charge in [0.05, 0.1) is 24.7 Å². The largest absolute Gasteiger partial charge is 0.496 e. The van der Waals surface area contributed by atoms with Crippen molar-refractivity contribution in [1.82, 2.24) is 0 Å². The zero-order valence-corrected chi connectivity index (χ0v) is 12.2. The first-order valence-electron chi connectivity index (χ1n) is 6.13. The fraction of sp³-hybridized carbons (Fsp3) is 0.538. The molecule has 2 atom stereocenters. The molecule has 0 aromatic heterocycles. The average Bonchev–Trinajstić information content (AvgIpc) is 2.68. The minimum absolute atomic E-state index is 0.00341. The summed E-state index contributed by atoms with van der Waals surface area (Å²) in [4.78, 5) is 0. The molecule has 2 unspecified atom stereocenters. The van der Waals surface area contributed by atoms with Gasteiger partial charge in [0.1, 0.15) is 5.75 Å². The summed E-state index contributed by atoms with van der Waals surface area (Å²) in [5, 5.41) is 10.8. The lowest BCUT2D eigenvalue weighted by Crippen LogP contribution is -2.10. The topological polar surface area (TPSA) is 63.6 Å². The molecule has 1 aliphatic heterocycles. The molecule has 1 fully saturated rings. The van der Waals surface area contributed by atoms with Crippen molar-refractivity contribution in [3.8, 4) is 5.75 Å². The molecule has 19 heavy (non-hydrogen) atoms. The van der Waals surface area contributed by atoms with Crippen LogP contribution < -0.4 is 4.74 Å². The van der Waals surface area contributed by atoms with E-state index in [2.05, 4.69) is 0 Å². The summed E-state index contributed by atoms with van der Waals surface area (Å²) in [7, 11) is -1.39. The summed E-state index contributed by atoms with van der Waals surface area (Å²) >= 11 is 5.92. The van der Waals surface area contributed by atoms with Crippen molar-refractivity contribution in [1.29, 1.82) is 0 Å². The molecule has 0 bridgehead atoms. The van der Waals surface area contributed by atoms with Crippen molar-refractivity contribution in [3.05, 3.63) is 28.8 Å². The van der Waals surface area contributed by atoms with Gasteiger partial charge in [-0.2, -0.15) is 0 Å². The minimum Gasteiger partial charge on any atom is -0.496 e. The van der Waals surface area contributed by atoms with Crippen LogP contribution in [-0.2, 0) is 9.84 Å². The monoisotopic (exact) mass is 304 g/mol. The lowest BCUT2D eigenvalue weighted by molar-refractivity contribution is 0.145. The van der Waals surface area contributed by atoms with Gasteiger partial charge in [0.2, 0.25) is 0 Å². The molecule has 0 saturated carbocycles. The molecule has 2 rings (SSSR count). The van der Waals surface area contributed by atoms with Gasteiger partial charge >= 0.3 is 0 Å². The van der Waals surface area contributed by atoms with Gasteiger partial charge in [0.15, 0.2) is 9.84 Å². The second kappa shape index (κ2) is 5.69. The lowest BCUT2D eigenvalue weighted by atomic mass is 9.96. The Hall–Kier alpha value is -0.780. The van der Waals surface area contributed by atoms with Crippen LogP contribution in [0.5, 0.6) is 5.75 Å². The molecule has 6 heteroatoms. The molecule has 1 aromatic carbocycles. The molecule has 0 spiro atoms. The fourth-order valence-corrected chi connectivity index (χ4v) is 4.53. The van der Waals surface area contributed by atoms with Crippen molar-refractivity contribution in [2.24, 2.45) is 5.92 Å². The summed E-state index contributed by atoms with van der Waals surface area (Å²) in [5.41, 5.74) is 0.610. The molecule has 106 valence electrons. The molecule has 0 radical (unpaired) electrons. The van der Waals surface area contributed by atoms with Crippen molar-refractivity contribution < 1.29 is 18.3 Å². The van der Waals surface area contributed by atoms with Crippen LogP contribution in [0.3, 0.4) is 0 Å². The van der Waals surface area contributed by atoms with Gasteiger partial charge in [0, 0.05) is 10.6 Å². The molecule has 0 amide bonds. The van der Waals surface area contributed by atoms with Crippen LogP contribution in [0.15, 0.2) is 18.2 Å². The first kappa shape index (κ1) is 14.6. The number of aliphatic hydroxyl groups is 1. The molecule has 4 nitrogen and oxygen atoms in total. The molecule has 1 N–H and O–H groups in total. The van der Waals surface area contributed by atoms with Crippen LogP contribution in [-0.4, -0.2) is 32.1 Å². The van der Waals surface area contributed by atoms with E-state index in [4.69, 9.17) is 16.3 Å². The second-order valence-corrected chi connectivity index (χ2v) is 7.57. The number of hydrogen-bond acceptors (Lipinski definition) is 4. The van der Waals surface area contributed by atoms with Gasteiger partial charge < -0.3 is 9.84 Å². The molecular formula is C13H17ClO4S. The van der Waals surface area contributed by atoms with E-state index in [0.717, 1.165) is 0 Å². The number of ether oxygens (including phenoxy) is 1. The zero-order valence-electron chi connectivity index (χ0n) is 10.7. The first-order valence-corrected chi connectivity index (χ1v) is 8.33. The van der Waals surface area contributed by atoms with E-state index in [1.807, 2.05) is 0 Å². The van der Waals surface area contributed by atoms with Crippen LogP contribution in [0.2, 0.25) is 5.02 Å². The zero-order chi connectivity index (χ0) is 14.0. The number of benzene rings is 1. The van der Waals surface area contributed by atoms with Crippen molar-refractivity contribution in [2.45, 2.75) is 18.9 Å². The molecule has 0 aliphatic carbocycles. The standard InChI is InChI=1S/C13H17ClO4S/c1-18-13-3-2-10(14)7-11(13)12(15)6-9-4-5-19(16,17)8-9/h2-3,7,9,12,15H,4-6,8H2,1H3. The average molecular weight is 305 g/mol. The highest BCUT2D eigenvalue weighted by atomic mass is 35.5. The summed E-state index contributed by atoms with van der Waals surface area (Å²) in [5.74, 6) is 0.950. The quantitative estimate of drug-likeness (QED) is 0.926. The van der Waals surface area contributed by atoms with Gasteiger partial charge in [-0.15, -0.1) is 0 Å².